The third-order valence-corrected chi connectivity index (χ3v) is 3.63. The molecule has 2 heteroatoms. The largest absolute Gasteiger partial charge is 0.298 e. The fourth-order valence-corrected chi connectivity index (χ4v) is 2.99. The molecule has 2 rings (SSSR count). The molecule has 14 heavy (non-hydrogen) atoms. The molecule has 2 unspecified atom stereocenters. The average molecular weight is 192 g/mol. The van der Waals surface area contributed by atoms with E-state index >= 15 is 0 Å². The van der Waals surface area contributed by atoms with Crippen molar-refractivity contribution in [3.63, 3.8) is 0 Å². The highest BCUT2D eigenvalue weighted by atomic mass is 15.2. The van der Waals surface area contributed by atoms with Crippen molar-refractivity contribution in [2.45, 2.75) is 45.6 Å². The normalized spacial score (nSPS) is 37.2. The van der Waals surface area contributed by atoms with E-state index in [0.29, 0.717) is 17.4 Å². The van der Waals surface area contributed by atoms with E-state index in [1.165, 1.54) is 32.4 Å². The van der Waals surface area contributed by atoms with Crippen LogP contribution in [0.3, 0.4) is 0 Å². The lowest BCUT2D eigenvalue weighted by atomic mass is 9.77. The van der Waals surface area contributed by atoms with Gasteiger partial charge < -0.3 is 0 Å². The molecule has 0 amide bonds. The lowest BCUT2D eigenvalue weighted by Crippen LogP contribution is -2.59. The highest BCUT2D eigenvalue weighted by Crippen LogP contribution is 2.37. The summed E-state index contributed by atoms with van der Waals surface area (Å²) in [6, 6.07) is 3.06. The maximum Gasteiger partial charge on any atom is 0.0672 e. The second-order valence-electron chi connectivity index (χ2n) is 5.66. The summed E-state index contributed by atoms with van der Waals surface area (Å²) in [4.78, 5) is 2.52. The quantitative estimate of drug-likeness (QED) is 0.638. The van der Waals surface area contributed by atoms with E-state index in [9.17, 15) is 0 Å². The average Bonchev–Trinajstić information content (AvgIpc) is 2.14. The molecule has 78 valence electrons. The van der Waals surface area contributed by atoms with Gasteiger partial charge in [-0.05, 0) is 18.3 Å². The molecule has 2 aliphatic rings. The topological polar surface area (TPSA) is 27.0 Å². The van der Waals surface area contributed by atoms with Gasteiger partial charge >= 0.3 is 0 Å². The Hall–Kier alpha value is -0.550. The molecule has 1 saturated carbocycles. The van der Waals surface area contributed by atoms with E-state index in [4.69, 9.17) is 5.26 Å². The maximum atomic E-state index is 9.08. The Balaban J connectivity index is 1.94. The number of nitrogens with zero attached hydrogens (tertiary/aromatic N) is 2. The second-order valence-corrected chi connectivity index (χ2v) is 5.66. The van der Waals surface area contributed by atoms with Crippen molar-refractivity contribution in [3.8, 4) is 6.07 Å². The van der Waals surface area contributed by atoms with Crippen LogP contribution in [0.4, 0.5) is 0 Å². The molecular formula is C12H20N2. The summed E-state index contributed by atoms with van der Waals surface area (Å²) >= 11 is 0. The lowest BCUT2D eigenvalue weighted by Gasteiger charge is -2.52. The number of hydrogen-bond acceptors (Lipinski definition) is 2. The van der Waals surface area contributed by atoms with Crippen LogP contribution in [0, 0.1) is 22.7 Å². The van der Waals surface area contributed by atoms with Crippen LogP contribution in [-0.4, -0.2) is 24.0 Å². The molecule has 2 nitrogen and oxygen atoms in total. The fraction of sp³-hybridized carbons (Fsp3) is 0.917. The van der Waals surface area contributed by atoms with Crippen molar-refractivity contribution in [1.82, 2.24) is 4.90 Å². The van der Waals surface area contributed by atoms with Crippen molar-refractivity contribution in [2.75, 3.05) is 13.1 Å². The van der Waals surface area contributed by atoms with Gasteiger partial charge in [0.1, 0.15) is 0 Å². The number of likely N-dealkylation sites (tertiary alicyclic amines) is 1. The Bertz CT molecular complexity index is 244. The maximum absolute atomic E-state index is 9.08. The van der Waals surface area contributed by atoms with Gasteiger partial charge in [-0.3, -0.25) is 4.90 Å². The van der Waals surface area contributed by atoms with E-state index < -0.39 is 0 Å². The minimum absolute atomic E-state index is 0.305. The van der Waals surface area contributed by atoms with Gasteiger partial charge in [0.2, 0.25) is 0 Å². The second kappa shape index (κ2) is 3.55. The fourth-order valence-electron chi connectivity index (χ4n) is 2.99. The first-order chi connectivity index (χ1) is 6.62. The van der Waals surface area contributed by atoms with Gasteiger partial charge in [-0.1, -0.05) is 26.7 Å². The first-order valence-corrected chi connectivity index (χ1v) is 5.76. The van der Waals surface area contributed by atoms with Gasteiger partial charge in [-0.15, -0.1) is 0 Å². The van der Waals surface area contributed by atoms with E-state index in [0.717, 1.165) is 6.42 Å². The molecule has 0 radical (unpaired) electrons. The molecule has 1 saturated heterocycles. The van der Waals surface area contributed by atoms with Gasteiger partial charge in [-0.25, -0.2) is 0 Å². The summed E-state index contributed by atoms with van der Waals surface area (Å²) in [5, 5.41) is 9.08. The molecule has 0 bridgehead atoms. The lowest BCUT2D eigenvalue weighted by molar-refractivity contribution is -0.0293. The summed E-state index contributed by atoms with van der Waals surface area (Å²) in [5.41, 5.74) is 0.497. The van der Waals surface area contributed by atoms with Crippen molar-refractivity contribution in [1.29, 1.82) is 5.26 Å². The van der Waals surface area contributed by atoms with Crippen LogP contribution in [-0.2, 0) is 0 Å². The number of hydrogen-bond donors (Lipinski definition) is 0. The molecule has 0 spiro atoms. The van der Waals surface area contributed by atoms with Gasteiger partial charge in [0, 0.05) is 19.1 Å². The Kier molecular flexibility index (Phi) is 2.53. The summed E-state index contributed by atoms with van der Waals surface area (Å²) in [5.74, 6) is 0.305. The Morgan fingerprint density at radius 2 is 1.86 bits per heavy atom. The first kappa shape index (κ1) is 9.98. The minimum Gasteiger partial charge on any atom is -0.298 e. The zero-order valence-electron chi connectivity index (χ0n) is 9.29. The molecule has 1 heterocycles. The van der Waals surface area contributed by atoms with Crippen molar-refractivity contribution in [2.24, 2.45) is 11.3 Å². The summed E-state index contributed by atoms with van der Waals surface area (Å²) in [6.07, 6.45) is 4.94. The summed E-state index contributed by atoms with van der Waals surface area (Å²) < 4.78 is 0. The highest BCUT2D eigenvalue weighted by Gasteiger charge is 2.41. The molecule has 2 atom stereocenters. The molecule has 1 aliphatic heterocycles. The standard InChI is InChI=1S/C12H20N2/c1-12(2)8-14(9-12)11-6-4-3-5-10(11)7-13/h10-11H,3-6,8-9H2,1-2H3. The molecule has 0 aromatic carbocycles. The monoisotopic (exact) mass is 192 g/mol. The zero-order valence-corrected chi connectivity index (χ0v) is 9.29. The third-order valence-electron chi connectivity index (χ3n) is 3.63. The predicted octanol–water partition coefficient (Wildman–Crippen LogP) is 2.41. The highest BCUT2D eigenvalue weighted by molar-refractivity contribution is 5.01. The Morgan fingerprint density at radius 1 is 1.21 bits per heavy atom. The van der Waals surface area contributed by atoms with E-state index in [2.05, 4.69) is 24.8 Å². The van der Waals surface area contributed by atoms with Crippen LogP contribution in [0.1, 0.15) is 39.5 Å². The van der Waals surface area contributed by atoms with Gasteiger partial charge in [-0.2, -0.15) is 5.26 Å². The zero-order chi connectivity index (χ0) is 10.2. The Labute approximate surface area is 86.9 Å². The van der Waals surface area contributed by atoms with Crippen LogP contribution in [0.5, 0.6) is 0 Å². The molecular weight excluding hydrogens is 172 g/mol. The van der Waals surface area contributed by atoms with Gasteiger partial charge in [0.25, 0.3) is 0 Å². The van der Waals surface area contributed by atoms with E-state index in [-0.39, 0.29) is 0 Å². The Morgan fingerprint density at radius 3 is 2.43 bits per heavy atom. The summed E-state index contributed by atoms with van der Waals surface area (Å²) in [6.45, 7) is 7.01. The smallest absolute Gasteiger partial charge is 0.0672 e. The van der Waals surface area contributed by atoms with Crippen LogP contribution < -0.4 is 0 Å². The van der Waals surface area contributed by atoms with Crippen molar-refractivity contribution < 1.29 is 0 Å². The first-order valence-electron chi connectivity index (χ1n) is 5.76. The van der Waals surface area contributed by atoms with Crippen molar-refractivity contribution >= 4 is 0 Å². The van der Waals surface area contributed by atoms with Crippen LogP contribution in [0.2, 0.25) is 0 Å². The van der Waals surface area contributed by atoms with Crippen LogP contribution in [0.25, 0.3) is 0 Å². The van der Waals surface area contributed by atoms with Crippen LogP contribution >= 0.6 is 0 Å². The molecule has 0 aromatic rings. The summed E-state index contributed by atoms with van der Waals surface area (Å²) in [7, 11) is 0. The van der Waals surface area contributed by atoms with Gasteiger partial charge in [0.15, 0.2) is 0 Å². The predicted molar refractivity (Wildman–Crippen MR) is 56.7 cm³/mol. The molecule has 2 fully saturated rings. The van der Waals surface area contributed by atoms with Crippen LogP contribution in [0.15, 0.2) is 0 Å². The minimum atomic E-state index is 0.305. The van der Waals surface area contributed by atoms with E-state index in [1.807, 2.05) is 0 Å². The molecule has 0 N–H and O–H groups in total. The number of nitriles is 1. The third kappa shape index (κ3) is 1.79. The van der Waals surface area contributed by atoms with Crippen molar-refractivity contribution in [3.05, 3.63) is 0 Å². The number of rotatable bonds is 1. The SMILES string of the molecule is CC1(C)CN(C2CCCCC2C#N)C1. The molecule has 0 aromatic heterocycles. The molecule has 1 aliphatic carbocycles. The van der Waals surface area contributed by atoms with Gasteiger partial charge in [0.05, 0.1) is 12.0 Å². The van der Waals surface area contributed by atoms with E-state index in [1.54, 1.807) is 0 Å².